The lowest BCUT2D eigenvalue weighted by molar-refractivity contribution is 0.00171. The van der Waals surface area contributed by atoms with Crippen molar-refractivity contribution in [2.24, 2.45) is 0 Å². The fraction of sp³-hybridized carbons (Fsp3) is 0.333. The van der Waals surface area contributed by atoms with Gasteiger partial charge in [-0.2, -0.15) is 0 Å². The Balaban J connectivity index is 1.84. The molecule has 1 heterocycles. The second-order valence-corrected chi connectivity index (χ2v) is 6.45. The minimum Gasteiger partial charge on any atom is -0.489 e. The maximum atomic E-state index is 14.2. The molecule has 2 unspecified atom stereocenters. The third kappa shape index (κ3) is 3.68. The van der Waals surface area contributed by atoms with Gasteiger partial charge in [-0.1, -0.05) is 36.4 Å². The van der Waals surface area contributed by atoms with Crippen LogP contribution in [0, 0.1) is 5.82 Å². The van der Waals surface area contributed by atoms with Crippen molar-refractivity contribution in [1.29, 1.82) is 0 Å². The average molecular weight is 326 g/mol. The molecule has 1 fully saturated rings. The summed E-state index contributed by atoms with van der Waals surface area (Å²) in [7, 11) is 0. The monoisotopic (exact) mass is 326 g/mol. The van der Waals surface area contributed by atoms with Gasteiger partial charge < -0.3 is 9.47 Å². The Morgan fingerprint density at radius 2 is 2.08 bits per heavy atom. The van der Waals surface area contributed by atoms with Crippen molar-refractivity contribution in [3.05, 3.63) is 78.1 Å². The summed E-state index contributed by atoms with van der Waals surface area (Å²) in [6.45, 7) is 7.12. The Bertz CT molecular complexity index is 698. The van der Waals surface area contributed by atoms with Crippen LogP contribution in [0.5, 0.6) is 5.75 Å². The number of ether oxygens (including phenoxy) is 2. The molecule has 0 aliphatic carbocycles. The summed E-state index contributed by atoms with van der Waals surface area (Å²) in [5, 5.41) is 0. The summed E-state index contributed by atoms with van der Waals surface area (Å²) >= 11 is 0. The molecule has 0 radical (unpaired) electrons. The van der Waals surface area contributed by atoms with Gasteiger partial charge in [-0.3, -0.25) is 0 Å². The van der Waals surface area contributed by atoms with E-state index in [0.29, 0.717) is 19.0 Å². The molecule has 126 valence electrons. The van der Waals surface area contributed by atoms with E-state index < -0.39 is 0 Å². The van der Waals surface area contributed by atoms with E-state index in [-0.39, 0.29) is 17.3 Å². The normalized spacial score (nSPS) is 23.7. The summed E-state index contributed by atoms with van der Waals surface area (Å²) in [5.74, 6) is 0.269. The Kier molecular flexibility index (Phi) is 5.00. The summed E-state index contributed by atoms with van der Waals surface area (Å²) in [6, 6.07) is 14.8. The fourth-order valence-corrected chi connectivity index (χ4v) is 3.36. The van der Waals surface area contributed by atoms with Gasteiger partial charge >= 0.3 is 0 Å². The molecule has 3 rings (SSSR count). The molecule has 2 nitrogen and oxygen atoms in total. The van der Waals surface area contributed by atoms with E-state index in [4.69, 9.17) is 9.47 Å². The molecule has 24 heavy (non-hydrogen) atoms. The zero-order valence-corrected chi connectivity index (χ0v) is 14.0. The highest BCUT2D eigenvalue weighted by molar-refractivity contribution is 5.38. The molecule has 3 heteroatoms. The first-order valence-corrected chi connectivity index (χ1v) is 8.34. The van der Waals surface area contributed by atoms with E-state index in [1.165, 1.54) is 6.07 Å². The van der Waals surface area contributed by atoms with Crippen LogP contribution in [0.1, 0.15) is 30.9 Å². The van der Waals surface area contributed by atoms with Gasteiger partial charge in [0.15, 0.2) is 0 Å². The van der Waals surface area contributed by atoms with Crippen molar-refractivity contribution in [3.8, 4) is 5.75 Å². The maximum Gasteiger partial charge on any atom is 0.127 e. The smallest absolute Gasteiger partial charge is 0.127 e. The maximum absolute atomic E-state index is 14.2. The second kappa shape index (κ2) is 7.18. The zero-order chi connectivity index (χ0) is 17.0. The van der Waals surface area contributed by atoms with Gasteiger partial charge in [-0.05, 0) is 43.0 Å². The lowest BCUT2D eigenvalue weighted by atomic mass is 9.72. The summed E-state index contributed by atoms with van der Waals surface area (Å²) in [5.41, 5.74) is 1.71. The Hall–Kier alpha value is -2.13. The largest absolute Gasteiger partial charge is 0.489 e. The van der Waals surface area contributed by atoms with Gasteiger partial charge in [0, 0.05) is 18.1 Å². The predicted octanol–water partition coefficient (Wildman–Crippen LogP) is 5.03. The number of benzene rings is 2. The van der Waals surface area contributed by atoms with Gasteiger partial charge in [0.1, 0.15) is 18.2 Å². The molecule has 0 saturated carbocycles. The Morgan fingerprint density at radius 1 is 1.29 bits per heavy atom. The number of rotatable bonds is 5. The van der Waals surface area contributed by atoms with E-state index >= 15 is 0 Å². The SMILES string of the molecule is C=CC1(c2cc(F)cc(OCc3ccccc3)c2)CCOC(C)C1. The molecular weight excluding hydrogens is 303 g/mol. The first-order valence-electron chi connectivity index (χ1n) is 8.34. The molecule has 1 saturated heterocycles. The van der Waals surface area contributed by atoms with Crippen LogP contribution in [0.2, 0.25) is 0 Å². The molecule has 0 bridgehead atoms. The molecule has 1 aliphatic rings. The number of halogens is 1. The summed E-state index contributed by atoms with van der Waals surface area (Å²) in [4.78, 5) is 0. The van der Waals surface area contributed by atoms with Gasteiger partial charge in [0.2, 0.25) is 0 Å². The molecular formula is C21H23FO2. The summed E-state index contributed by atoms with van der Waals surface area (Å²) in [6.07, 6.45) is 3.68. The average Bonchev–Trinajstić information content (AvgIpc) is 2.60. The van der Waals surface area contributed by atoms with Crippen LogP contribution in [-0.2, 0) is 16.8 Å². The minimum atomic E-state index is -0.282. The molecule has 0 aromatic heterocycles. The molecule has 0 amide bonds. The molecule has 2 atom stereocenters. The number of allylic oxidation sites excluding steroid dienone is 1. The second-order valence-electron chi connectivity index (χ2n) is 6.45. The van der Waals surface area contributed by atoms with E-state index in [9.17, 15) is 4.39 Å². The molecule has 2 aromatic rings. The van der Waals surface area contributed by atoms with Gasteiger partial charge in [0.25, 0.3) is 0 Å². The molecule has 0 spiro atoms. The van der Waals surface area contributed by atoms with Gasteiger partial charge in [0.05, 0.1) is 6.10 Å². The van der Waals surface area contributed by atoms with Crippen molar-refractivity contribution in [3.63, 3.8) is 0 Å². The van der Waals surface area contributed by atoms with Crippen molar-refractivity contribution in [2.75, 3.05) is 6.61 Å². The lowest BCUT2D eigenvalue weighted by Gasteiger charge is -2.38. The topological polar surface area (TPSA) is 18.5 Å². The van der Waals surface area contributed by atoms with Crippen LogP contribution < -0.4 is 4.74 Å². The van der Waals surface area contributed by atoms with Crippen molar-refractivity contribution < 1.29 is 13.9 Å². The highest BCUT2D eigenvalue weighted by atomic mass is 19.1. The van der Waals surface area contributed by atoms with Crippen LogP contribution in [-0.4, -0.2) is 12.7 Å². The first-order chi connectivity index (χ1) is 11.6. The third-order valence-electron chi connectivity index (χ3n) is 4.69. The van der Waals surface area contributed by atoms with Crippen LogP contribution in [0.15, 0.2) is 61.2 Å². The van der Waals surface area contributed by atoms with E-state index in [1.54, 1.807) is 6.07 Å². The van der Waals surface area contributed by atoms with Crippen LogP contribution >= 0.6 is 0 Å². The van der Waals surface area contributed by atoms with Crippen molar-refractivity contribution in [1.82, 2.24) is 0 Å². The quantitative estimate of drug-likeness (QED) is 0.718. The van der Waals surface area contributed by atoms with E-state index in [2.05, 4.69) is 6.58 Å². The standard InChI is InChI=1S/C21H23FO2/c1-3-21(9-10-23-16(2)14-21)18-11-19(22)13-20(12-18)24-15-17-7-5-4-6-8-17/h3-8,11-13,16H,1,9-10,14-15H2,2H3. The number of hydrogen-bond acceptors (Lipinski definition) is 2. The number of hydrogen-bond donors (Lipinski definition) is 0. The van der Waals surface area contributed by atoms with Crippen LogP contribution in [0.25, 0.3) is 0 Å². The molecule has 1 aliphatic heterocycles. The van der Waals surface area contributed by atoms with Crippen molar-refractivity contribution >= 4 is 0 Å². The third-order valence-corrected chi connectivity index (χ3v) is 4.69. The summed E-state index contributed by atoms with van der Waals surface area (Å²) < 4.78 is 25.6. The Morgan fingerprint density at radius 3 is 2.79 bits per heavy atom. The fourth-order valence-electron chi connectivity index (χ4n) is 3.36. The van der Waals surface area contributed by atoms with Crippen LogP contribution in [0.4, 0.5) is 4.39 Å². The minimum absolute atomic E-state index is 0.133. The van der Waals surface area contributed by atoms with Gasteiger partial charge in [-0.15, -0.1) is 6.58 Å². The first kappa shape index (κ1) is 16.7. The highest BCUT2D eigenvalue weighted by Gasteiger charge is 2.35. The Labute approximate surface area is 142 Å². The predicted molar refractivity (Wildman–Crippen MR) is 93.7 cm³/mol. The lowest BCUT2D eigenvalue weighted by Crippen LogP contribution is -2.36. The highest BCUT2D eigenvalue weighted by Crippen LogP contribution is 2.39. The van der Waals surface area contributed by atoms with E-state index in [1.807, 2.05) is 49.4 Å². The van der Waals surface area contributed by atoms with Gasteiger partial charge in [-0.25, -0.2) is 4.39 Å². The van der Waals surface area contributed by atoms with Crippen molar-refractivity contribution in [2.45, 2.75) is 37.9 Å². The van der Waals surface area contributed by atoms with Crippen LogP contribution in [0.3, 0.4) is 0 Å². The zero-order valence-electron chi connectivity index (χ0n) is 14.0. The molecule has 2 aromatic carbocycles. The van der Waals surface area contributed by atoms with E-state index in [0.717, 1.165) is 24.0 Å². The molecule has 0 N–H and O–H groups in total.